The van der Waals surface area contributed by atoms with Crippen LogP contribution in [0.1, 0.15) is 23.4 Å². The lowest BCUT2D eigenvalue weighted by atomic mass is 10.2. The second-order valence-corrected chi connectivity index (χ2v) is 5.92. The Balaban J connectivity index is 1.81. The van der Waals surface area contributed by atoms with E-state index in [4.69, 9.17) is 11.6 Å². The molecule has 100 valence electrons. The van der Waals surface area contributed by atoms with Crippen molar-refractivity contribution < 1.29 is 4.79 Å². The maximum absolute atomic E-state index is 11.8. The molecule has 0 aliphatic carbocycles. The molecule has 2 aromatic rings. The first-order chi connectivity index (χ1) is 9.15. The molecule has 0 spiro atoms. The monoisotopic (exact) mass is 294 g/mol. The van der Waals surface area contributed by atoms with Crippen LogP contribution in [-0.4, -0.2) is 6.03 Å². The number of rotatable bonds is 4. The first kappa shape index (κ1) is 13.9. The quantitative estimate of drug-likeness (QED) is 0.880. The number of hydrogen-bond acceptors (Lipinski definition) is 2. The van der Waals surface area contributed by atoms with Crippen molar-refractivity contribution in [2.45, 2.75) is 19.5 Å². The van der Waals surface area contributed by atoms with E-state index in [1.807, 2.05) is 49.4 Å². The molecule has 19 heavy (non-hydrogen) atoms. The van der Waals surface area contributed by atoms with Crippen LogP contribution in [0.25, 0.3) is 0 Å². The van der Waals surface area contributed by atoms with Crippen molar-refractivity contribution >= 4 is 29.0 Å². The number of hydrogen-bond donors (Lipinski definition) is 2. The van der Waals surface area contributed by atoms with Gasteiger partial charge in [0.15, 0.2) is 0 Å². The molecular formula is C14H15ClN2OS. The standard InChI is InChI=1S/C14H15ClN2OS/c1-10(12-7-8-13(15)19-12)17-14(18)16-9-11-5-3-2-4-6-11/h2-8,10H,9H2,1H3,(H2,16,17,18). The number of amides is 2. The van der Waals surface area contributed by atoms with E-state index in [0.29, 0.717) is 6.54 Å². The molecule has 0 fully saturated rings. The van der Waals surface area contributed by atoms with Crippen LogP contribution in [0.4, 0.5) is 4.79 Å². The molecule has 0 aliphatic heterocycles. The molecule has 1 aromatic heterocycles. The van der Waals surface area contributed by atoms with E-state index in [1.54, 1.807) is 0 Å². The highest BCUT2D eigenvalue weighted by atomic mass is 35.5. The van der Waals surface area contributed by atoms with Gasteiger partial charge in [0, 0.05) is 11.4 Å². The van der Waals surface area contributed by atoms with Gasteiger partial charge in [0.05, 0.1) is 10.4 Å². The van der Waals surface area contributed by atoms with E-state index < -0.39 is 0 Å². The average Bonchev–Trinajstić information content (AvgIpc) is 2.84. The summed E-state index contributed by atoms with van der Waals surface area (Å²) in [5.41, 5.74) is 1.07. The van der Waals surface area contributed by atoms with Gasteiger partial charge in [-0.05, 0) is 24.6 Å². The summed E-state index contributed by atoms with van der Waals surface area (Å²) in [5, 5.41) is 5.71. The van der Waals surface area contributed by atoms with E-state index in [-0.39, 0.29) is 12.1 Å². The van der Waals surface area contributed by atoms with Crippen molar-refractivity contribution in [3.8, 4) is 0 Å². The number of benzene rings is 1. The zero-order valence-electron chi connectivity index (χ0n) is 10.5. The highest BCUT2D eigenvalue weighted by Crippen LogP contribution is 2.26. The lowest BCUT2D eigenvalue weighted by Crippen LogP contribution is -2.36. The minimum atomic E-state index is -0.180. The predicted octanol–water partition coefficient (Wildman–Crippen LogP) is 3.96. The molecule has 0 radical (unpaired) electrons. The Bertz CT molecular complexity index is 541. The Morgan fingerprint density at radius 1 is 1.26 bits per heavy atom. The molecule has 0 bridgehead atoms. The molecule has 1 unspecified atom stereocenters. The van der Waals surface area contributed by atoms with Crippen molar-refractivity contribution in [2.24, 2.45) is 0 Å². The number of nitrogens with one attached hydrogen (secondary N) is 2. The van der Waals surface area contributed by atoms with Crippen LogP contribution >= 0.6 is 22.9 Å². The van der Waals surface area contributed by atoms with E-state index in [0.717, 1.165) is 14.8 Å². The van der Waals surface area contributed by atoms with Crippen LogP contribution in [-0.2, 0) is 6.54 Å². The van der Waals surface area contributed by atoms with Crippen molar-refractivity contribution in [3.05, 3.63) is 57.2 Å². The Morgan fingerprint density at radius 2 is 2.00 bits per heavy atom. The fraction of sp³-hybridized carbons (Fsp3) is 0.214. The maximum atomic E-state index is 11.8. The van der Waals surface area contributed by atoms with Crippen molar-refractivity contribution in [1.29, 1.82) is 0 Å². The van der Waals surface area contributed by atoms with Gasteiger partial charge in [-0.15, -0.1) is 11.3 Å². The van der Waals surface area contributed by atoms with Crippen molar-refractivity contribution in [2.75, 3.05) is 0 Å². The molecule has 1 aromatic carbocycles. The largest absolute Gasteiger partial charge is 0.334 e. The smallest absolute Gasteiger partial charge is 0.315 e. The molecule has 5 heteroatoms. The summed E-state index contributed by atoms with van der Waals surface area (Å²) in [7, 11) is 0. The van der Waals surface area contributed by atoms with Gasteiger partial charge in [0.2, 0.25) is 0 Å². The number of carbonyl (C=O) groups excluding carboxylic acids is 1. The molecule has 2 N–H and O–H groups in total. The van der Waals surface area contributed by atoms with Gasteiger partial charge < -0.3 is 10.6 Å². The van der Waals surface area contributed by atoms with Crippen LogP contribution in [0.3, 0.4) is 0 Å². The van der Waals surface area contributed by atoms with Gasteiger partial charge in [-0.3, -0.25) is 0 Å². The topological polar surface area (TPSA) is 41.1 Å². The van der Waals surface area contributed by atoms with E-state index in [2.05, 4.69) is 10.6 Å². The molecule has 3 nitrogen and oxygen atoms in total. The highest BCUT2D eigenvalue weighted by Gasteiger charge is 2.11. The van der Waals surface area contributed by atoms with E-state index in [9.17, 15) is 4.79 Å². The minimum Gasteiger partial charge on any atom is -0.334 e. The lowest BCUT2D eigenvalue weighted by molar-refractivity contribution is 0.237. The van der Waals surface area contributed by atoms with Gasteiger partial charge in [0.1, 0.15) is 0 Å². The molecule has 1 heterocycles. The summed E-state index contributed by atoms with van der Waals surface area (Å²) in [6.07, 6.45) is 0. The van der Waals surface area contributed by atoms with Crippen LogP contribution in [0.15, 0.2) is 42.5 Å². The Kier molecular flexibility index (Phi) is 4.82. The Labute approximate surface area is 121 Å². The summed E-state index contributed by atoms with van der Waals surface area (Å²) in [6, 6.07) is 13.3. The molecule has 0 saturated carbocycles. The third-order valence-corrected chi connectivity index (χ3v) is 4.08. The first-order valence-corrected chi connectivity index (χ1v) is 7.18. The van der Waals surface area contributed by atoms with Gasteiger partial charge in [-0.1, -0.05) is 41.9 Å². The normalized spacial score (nSPS) is 11.9. The average molecular weight is 295 g/mol. The van der Waals surface area contributed by atoms with Crippen LogP contribution in [0.2, 0.25) is 4.34 Å². The summed E-state index contributed by atoms with van der Waals surface area (Å²) in [6.45, 7) is 2.45. The van der Waals surface area contributed by atoms with Crippen molar-refractivity contribution in [3.63, 3.8) is 0 Å². The minimum absolute atomic E-state index is 0.0479. The Morgan fingerprint density at radius 3 is 2.63 bits per heavy atom. The second kappa shape index (κ2) is 6.59. The molecular weight excluding hydrogens is 280 g/mol. The molecule has 0 saturated heterocycles. The van der Waals surface area contributed by atoms with Gasteiger partial charge in [-0.25, -0.2) is 4.79 Å². The third kappa shape index (κ3) is 4.26. The summed E-state index contributed by atoms with van der Waals surface area (Å²) in [5.74, 6) is 0. The summed E-state index contributed by atoms with van der Waals surface area (Å²) >= 11 is 7.35. The summed E-state index contributed by atoms with van der Waals surface area (Å²) in [4.78, 5) is 12.8. The van der Waals surface area contributed by atoms with E-state index >= 15 is 0 Å². The molecule has 2 amide bonds. The zero-order chi connectivity index (χ0) is 13.7. The number of urea groups is 1. The molecule has 2 rings (SSSR count). The molecule has 0 aliphatic rings. The number of thiophene rings is 1. The molecule has 1 atom stereocenters. The number of halogens is 1. The fourth-order valence-corrected chi connectivity index (χ4v) is 2.72. The summed E-state index contributed by atoms with van der Waals surface area (Å²) < 4.78 is 0.730. The van der Waals surface area contributed by atoms with Gasteiger partial charge >= 0.3 is 6.03 Å². The zero-order valence-corrected chi connectivity index (χ0v) is 12.1. The Hall–Kier alpha value is -1.52. The predicted molar refractivity (Wildman–Crippen MR) is 79.6 cm³/mol. The number of carbonyl (C=O) groups is 1. The maximum Gasteiger partial charge on any atom is 0.315 e. The first-order valence-electron chi connectivity index (χ1n) is 5.98. The van der Waals surface area contributed by atoms with Gasteiger partial charge in [-0.2, -0.15) is 0 Å². The third-order valence-electron chi connectivity index (χ3n) is 2.66. The highest BCUT2D eigenvalue weighted by molar-refractivity contribution is 7.16. The van der Waals surface area contributed by atoms with Crippen LogP contribution in [0.5, 0.6) is 0 Å². The lowest BCUT2D eigenvalue weighted by Gasteiger charge is -2.13. The SMILES string of the molecule is CC(NC(=O)NCc1ccccc1)c1ccc(Cl)s1. The van der Waals surface area contributed by atoms with E-state index in [1.165, 1.54) is 11.3 Å². The second-order valence-electron chi connectivity index (χ2n) is 4.18. The van der Waals surface area contributed by atoms with Crippen molar-refractivity contribution in [1.82, 2.24) is 10.6 Å². The fourth-order valence-electron chi connectivity index (χ4n) is 1.66. The van der Waals surface area contributed by atoms with Crippen LogP contribution < -0.4 is 10.6 Å². The van der Waals surface area contributed by atoms with Crippen LogP contribution in [0, 0.1) is 0 Å². The van der Waals surface area contributed by atoms with Gasteiger partial charge in [0.25, 0.3) is 0 Å².